The summed E-state index contributed by atoms with van der Waals surface area (Å²) in [5, 5.41) is 6.42. The summed E-state index contributed by atoms with van der Waals surface area (Å²) in [6.45, 7) is 11.5. The molecule has 0 bridgehead atoms. The summed E-state index contributed by atoms with van der Waals surface area (Å²) in [5.74, 6) is 1.38. The Morgan fingerprint density at radius 1 is 1.36 bits per heavy atom. The highest BCUT2D eigenvalue weighted by Crippen LogP contribution is 2.38. The zero-order valence-corrected chi connectivity index (χ0v) is 17.5. The molecule has 6 heteroatoms. The molecule has 1 aromatic carbocycles. The van der Waals surface area contributed by atoms with Gasteiger partial charge >= 0.3 is 0 Å². The van der Waals surface area contributed by atoms with Crippen molar-refractivity contribution in [1.82, 2.24) is 10.2 Å². The van der Waals surface area contributed by atoms with Crippen LogP contribution in [0.3, 0.4) is 0 Å². The van der Waals surface area contributed by atoms with E-state index >= 15 is 0 Å². The molecule has 2 fully saturated rings. The van der Waals surface area contributed by atoms with Gasteiger partial charge in [0.05, 0.1) is 13.2 Å². The fourth-order valence-corrected chi connectivity index (χ4v) is 4.01. The zero-order valence-electron chi connectivity index (χ0n) is 17.5. The van der Waals surface area contributed by atoms with Gasteiger partial charge in [-0.25, -0.2) is 4.99 Å². The Morgan fingerprint density at radius 2 is 2.21 bits per heavy atom. The van der Waals surface area contributed by atoms with Crippen LogP contribution in [0, 0.1) is 11.3 Å². The van der Waals surface area contributed by atoms with Gasteiger partial charge in [0.25, 0.3) is 0 Å². The van der Waals surface area contributed by atoms with Crippen LogP contribution in [-0.2, 0) is 16.1 Å². The van der Waals surface area contributed by atoms with Crippen LogP contribution in [0.15, 0.2) is 29.3 Å². The van der Waals surface area contributed by atoms with Crippen molar-refractivity contribution in [1.29, 1.82) is 0 Å². The summed E-state index contributed by atoms with van der Waals surface area (Å²) in [6.07, 6.45) is 2.86. The highest BCUT2D eigenvalue weighted by Gasteiger charge is 2.42. The molecule has 2 aliphatic heterocycles. The Hall–Kier alpha value is -2.08. The average Bonchev–Trinajstić information content (AvgIpc) is 3.28. The number of carbonyl (C=O) groups excluding carboxylic acids is 1. The van der Waals surface area contributed by atoms with E-state index in [9.17, 15) is 4.79 Å². The summed E-state index contributed by atoms with van der Waals surface area (Å²) in [7, 11) is 0. The number of benzene rings is 1. The van der Waals surface area contributed by atoms with Gasteiger partial charge < -0.3 is 20.3 Å². The van der Waals surface area contributed by atoms with E-state index < -0.39 is 0 Å². The highest BCUT2D eigenvalue weighted by atomic mass is 16.5. The van der Waals surface area contributed by atoms with Gasteiger partial charge in [-0.3, -0.25) is 4.79 Å². The van der Waals surface area contributed by atoms with Gasteiger partial charge in [-0.1, -0.05) is 26.0 Å². The first-order valence-corrected chi connectivity index (χ1v) is 10.5. The first kappa shape index (κ1) is 20.6. The summed E-state index contributed by atoms with van der Waals surface area (Å²) < 4.78 is 5.65. The van der Waals surface area contributed by atoms with Crippen molar-refractivity contribution >= 4 is 17.6 Å². The van der Waals surface area contributed by atoms with E-state index in [1.54, 1.807) is 0 Å². The largest absolute Gasteiger partial charge is 0.381 e. The number of anilines is 1. The van der Waals surface area contributed by atoms with Crippen molar-refractivity contribution in [2.24, 2.45) is 16.3 Å². The number of ether oxygens (including phenoxy) is 1. The van der Waals surface area contributed by atoms with Crippen LogP contribution in [0.1, 0.15) is 45.6 Å². The Morgan fingerprint density at radius 3 is 2.93 bits per heavy atom. The van der Waals surface area contributed by atoms with Crippen LogP contribution in [0.5, 0.6) is 0 Å². The van der Waals surface area contributed by atoms with Crippen LogP contribution < -0.4 is 10.6 Å². The van der Waals surface area contributed by atoms with Gasteiger partial charge in [0, 0.05) is 43.8 Å². The number of rotatable bonds is 6. The molecule has 0 radical (unpaired) electrons. The predicted molar refractivity (Wildman–Crippen MR) is 113 cm³/mol. The van der Waals surface area contributed by atoms with Crippen molar-refractivity contribution in [3.8, 4) is 0 Å². The van der Waals surface area contributed by atoms with Gasteiger partial charge in [0.15, 0.2) is 5.96 Å². The van der Waals surface area contributed by atoms with E-state index in [2.05, 4.69) is 28.5 Å². The maximum atomic E-state index is 12.0. The maximum absolute atomic E-state index is 12.0. The topological polar surface area (TPSA) is 66.0 Å². The third-order valence-electron chi connectivity index (χ3n) is 5.47. The second kappa shape index (κ2) is 9.41. The first-order chi connectivity index (χ1) is 13.5. The molecule has 1 atom stereocenters. The van der Waals surface area contributed by atoms with Gasteiger partial charge in [0.1, 0.15) is 0 Å². The fourth-order valence-electron chi connectivity index (χ4n) is 4.01. The number of nitrogens with one attached hydrogen (secondary N) is 2. The minimum Gasteiger partial charge on any atom is -0.381 e. The number of guanidine groups is 1. The van der Waals surface area contributed by atoms with Crippen molar-refractivity contribution in [2.75, 3.05) is 38.2 Å². The molecule has 28 heavy (non-hydrogen) atoms. The maximum Gasteiger partial charge on any atom is 0.224 e. The van der Waals surface area contributed by atoms with E-state index in [1.165, 1.54) is 6.42 Å². The molecule has 2 N–H and O–H groups in total. The average molecular weight is 387 g/mol. The molecule has 0 aromatic heterocycles. The van der Waals surface area contributed by atoms with E-state index in [1.807, 2.05) is 32.0 Å². The molecule has 0 aliphatic carbocycles. The lowest BCUT2D eigenvalue weighted by molar-refractivity contribution is -0.116. The third kappa shape index (κ3) is 5.47. The second-order valence-electron chi connectivity index (χ2n) is 8.49. The number of aliphatic imine (C=N–C) groups is 1. The molecule has 1 amide bonds. The summed E-state index contributed by atoms with van der Waals surface area (Å²) in [6, 6.07) is 7.98. The van der Waals surface area contributed by atoms with Gasteiger partial charge in [0.2, 0.25) is 5.91 Å². The SMILES string of the molecule is CCNC(=NCc1cccc(NC(=O)CC(C)C)c1)N1CCC2(CCOC2)C1. The highest BCUT2D eigenvalue weighted by molar-refractivity contribution is 5.90. The number of amides is 1. The number of nitrogens with zero attached hydrogens (tertiary/aromatic N) is 2. The summed E-state index contributed by atoms with van der Waals surface area (Å²) in [5.41, 5.74) is 2.25. The van der Waals surface area contributed by atoms with E-state index in [0.29, 0.717) is 24.3 Å². The predicted octanol–water partition coefficient (Wildman–Crippen LogP) is 3.25. The second-order valence-corrected chi connectivity index (χ2v) is 8.49. The minimum atomic E-state index is 0.0603. The zero-order chi connectivity index (χ0) is 20.0. The number of hydrogen-bond donors (Lipinski definition) is 2. The van der Waals surface area contributed by atoms with Crippen molar-refractivity contribution in [2.45, 2.75) is 46.6 Å². The third-order valence-corrected chi connectivity index (χ3v) is 5.47. The number of likely N-dealkylation sites (tertiary alicyclic amines) is 1. The molecular weight excluding hydrogens is 352 g/mol. The Kier molecular flexibility index (Phi) is 6.94. The van der Waals surface area contributed by atoms with Crippen LogP contribution in [-0.4, -0.2) is 49.6 Å². The van der Waals surface area contributed by atoms with E-state index in [-0.39, 0.29) is 5.91 Å². The van der Waals surface area contributed by atoms with Crippen LogP contribution in [0.2, 0.25) is 0 Å². The lowest BCUT2D eigenvalue weighted by Gasteiger charge is -2.25. The Labute approximate surface area is 168 Å². The minimum absolute atomic E-state index is 0.0603. The Balaban J connectivity index is 1.63. The van der Waals surface area contributed by atoms with Gasteiger partial charge in [-0.2, -0.15) is 0 Å². The molecule has 2 aliphatic rings. The van der Waals surface area contributed by atoms with E-state index in [4.69, 9.17) is 9.73 Å². The molecular formula is C22H34N4O2. The number of hydrogen-bond acceptors (Lipinski definition) is 3. The molecule has 3 rings (SSSR count). The lowest BCUT2D eigenvalue weighted by atomic mass is 9.87. The standard InChI is InChI=1S/C22H34N4O2/c1-4-23-21(26-10-8-22(15-26)9-11-28-16-22)24-14-18-6-5-7-19(13-18)25-20(27)12-17(2)3/h5-7,13,17H,4,8-12,14-16H2,1-3H3,(H,23,24)(H,25,27). The van der Waals surface area contributed by atoms with E-state index in [0.717, 1.165) is 56.5 Å². The molecule has 6 nitrogen and oxygen atoms in total. The van der Waals surface area contributed by atoms with Gasteiger partial charge in [-0.15, -0.1) is 0 Å². The molecule has 1 aromatic rings. The Bertz CT molecular complexity index is 696. The molecule has 2 saturated heterocycles. The van der Waals surface area contributed by atoms with Crippen molar-refractivity contribution in [3.63, 3.8) is 0 Å². The van der Waals surface area contributed by atoms with Crippen LogP contribution in [0.4, 0.5) is 5.69 Å². The molecule has 154 valence electrons. The monoisotopic (exact) mass is 386 g/mol. The summed E-state index contributed by atoms with van der Waals surface area (Å²) in [4.78, 5) is 19.3. The van der Waals surface area contributed by atoms with Gasteiger partial charge in [-0.05, 0) is 43.4 Å². The smallest absolute Gasteiger partial charge is 0.224 e. The summed E-state index contributed by atoms with van der Waals surface area (Å²) >= 11 is 0. The molecule has 2 heterocycles. The molecule has 1 unspecified atom stereocenters. The normalized spacial score (nSPS) is 22.3. The number of carbonyl (C=O) groups is 1. The van der Waals surface area contributed by atoms with Crippen LogP contribution >= 0.6 is 0 Å². The fraction of sp³-hybridized carbons (Fsp3) is 0.636. The lowest BCUT2D eigenvalue weighted by Crippen LogP contribution is -2.41. The van der Waals surface area contributed by atoms with Crippen molar-refractivity contribution in [3.05, 3.63) is 29.8 Å². The quantitative estimate of drug-likeness (QED) is 0.582. The molecule has 1 spiro atoms. The molecule has 0 saturated carbocycles. The van der Waals surface area contributed by atoms with Crippen molar-refractivity contribution < 1.29 is 9.53 Å². The van der Waals surface area contributed by atoms with Crippen LogP contribution in [0.25, 0.3) is 0 Å². The first-order valence-electron chi connectivity index (χ1n) is 10.5.